The van der Waals surface area contributed by atoms with Crippen molar-refractivity contribution in [2.75, 3.05) is 41.7 Å². The molecule has 3 heterocycles. The van der Waals surface area contributed by atoms with Crippen molar-refractivity contribution in [3.63, 3.8) is 0 Å². The van der Waals surface area contributed by atoms with E-state index in [9.17, 15) is 9.90 Å². The number of carbonyl (C=O) groups is 1. The fraction of sp³-hybridized carbons (Fsp3) is 0.333. The van der Waals surface area contributed by atoms with E-state index in [0.29, 0.717) is 13.1 Å². The highest BCUT2D eigenvalue weighted by Gasteiger charge is 2.22. The Morgan fingerprint density at radius 2 is 1.44 bits per heavy atom. The Morgan fingerprint density at radius 3 is 2.13 bits per heavy atom. The predicted molar refractivity (Wildman–Crippen MR) is 154 cm³/mol. The molecule has 0 saturated carbocycles. The highest BCUT2D eigenvalue weighted by molar-refractivity contribution is 5.85. The first-order valence-electron chi connectivity index (χ1n) is 13.6. The summed E-state index contributed by atoms with van der Waals surface area (Å²) in [7, 11) is 0. The van der Waals surface area contributed by atoms with Gasteiger partial charge in [-0.15, -0.1) is 0 Å². The lowest BCUT2D eigenvalue weighted by molar-refractivity contribution is 0.133. The molecule has 202 valence electrons. The lowest BCUT2D eigenvalue weighted by Gasteiger charge is -2.31. The van der Waals surface area contributed by atoms with Gasteiger partial charge in [-0.1, -0.05) is 0 Å². The number of aliphatic hydroxyl groups is 1. The average Bonchev–Trinajstić information content (AvgIpc) is 3.38. The van der Waals surface area contributed by atoms with Gasteiger partial charge in [0.1, 0.15) is 0 Å². The summed E-state index contributed by atoms with van der Waals surface area (Å²) in [5.41, 5.74) is 6.26. The van der Waals surface area contributed by atoms with Crippen LogP contribution in [0.4, 0.5) is 27.5 Å². The van der Waals surface area contributed by atoms with Gasteiger partial charge < -0.3 is 30.6 Å². The maximum absolute atomic E-state index is 11.1. The zero-order valence-electron chi connectivity index (χ0n) is 21.8. The minimum absolute atomic E-state index is 0.167. The molecular weight excluding hydrogens is 492 g/mol. The normalized spacial score (nSPS) is 16.9. The number of anilines is 4. The van der Waals surface area contributed by atoms with Crippen LogP contribution in [0.25, 0.3) is 16.6 Å². The molecule has 1 aromatic heterocycles. The van der Waals surface area contributed by atoms with Crippen LogP contribution in [0.1, 0.15) is 25.7 Å². The number of aromatic nitrogens is 2. The summed E-state index contributed by atoms with van der Waals surface area (Å²) in [5.74, 6) is 0. The van der Waals surface area contributed by atoms with Crippen molar-refractivity contribution in [2.45, 2.75) is 37.8 Å². The quantitative estimate of drug-likeness (QED) is 0.271. The third-order valence-corrected chi connectivity index (χ3v) is 7.80. The van der Waals surface area contributed by atoms with Crippen molar-refractivity contribution in [1.29, 1.82) is 0 Å². The van der Waals surface area contributed by atoms with Crippen molar-refractivity contribution < 1.29 is 15.0 Å². The Bertz CT molecular complexity index is 1420. The second-order valence-electron chi connectivity index (χ2n) is 10.5. The molecule has 0 unspecified atom stereocenters. The summed E-state index contributed by atoms with van der Waals surface area (Å²) in [6.07, 6.45) is 4.14. The summed E-state index contributed by atoms with van der Waals surface area (Å²) >= 11 is 0. The van der Waals surface area contributed by atoms with Gasteiger partial charge in [0.25, 0.3) is 0 Å². The van der Waals surface area contributed by atoms with Crippen molar-refractivity contribution >= 4 is 39.7 Å². The van der Waals surface area contributed by atoms with Crippen LogP contribution in [-0.4, -0.2) is 69.3 Å². The molecule has 2 aliphatic heterocycles. The van der Waals surface area contributed by atoms with Crippen molar-refractivity contribution in [1.82, 2.24) is 14.7 Å². The number of benzene rings is 3. The van der Waals surface area contributed by atoms with Crippen molar-refractivity contribution in [3.05, 3.63) is 72.9 Å². The Labute approximate surface area is 227 Å². The summed E-state index contributed by atoms with van der Waals surface area (Å²) in [6.45, 7) is 2.91. The number of amides is 1. The van der Waals surface area contributed by atoms with Gasteiger partial charge in [0, 0.05) is 60.4 Å². The first-order valence-corrected chi connectivity index (χ1v) is 13.6. The van der Waals surface area contributed by atoms with Crippen LogP contribution in [0.3, 0.4) is 0 Å². The fourth-order valence-electron chi connectivity index (χ4n) is 5.51. The predicted octanol–water partition coefficient (Wildman–Crippen LogP) is 5.28. The standard InChI is InChI=1S/C30H34N6O3/c37-28-13-17-34(18-14-28)26-6-1-23(2-7-26)33-25-5-10-29-21(19-25)20-31-36(29)27-8-3-22(4-9-27)32-24-11-15-35(16-12-24)30(38)39/h1-10,19-20,24,28,32-33,37H,11-18H2,(H,38,39). The number of fused-ring (bicyclic) bond motifs is 1. The lowest BCUT2D eigenvalue weighted by atomic mass is 10.1. The van der Waals surface area contributed by atoms with Gasteiger partial charge in [-0.25, -0.2) is 9.48 Å². The van der Waals surface area contributed by atoms with Crippen LogP contribution in [0, 0.1) is 0 Å². The SMILES string of the molecule is O=C(O)N1CCC(Nc2ccc(-n3ncc4cc(Nc5ccc(N6CCC(O)CC6)cc5)ccc43)cc2)CC1. The fourth-order valence-corrected chi connectivity index (χ4v) is 5.51. The molecule has 4 N–H and O–H groups in total. The van der Waals surface area contributed by atoms with E-state index in [0.717, 1.165) is 72.4 Å². The number of carboxylic acid groups (broad SMARTS) is 1. The summed E-state index contributed by atoms with van der Waals surface area (Å²) in [4.78, 5) is 14.9. The molecule has 0 aliphatic carbocycles. The molecule has 39 heavy (non-hydrogen) atoms. The van der Waals surface area contributed by atoms with E-state index in [2.05, 4.69) is 87.4 Å². The minimum atomic E-state index is -0.836. The molecule has 2 fully saturated rings. The second kappa shape index (κ2) is 10.9. The van der Waals surface area contributed by atoms with Gasteiger partial charge in [-0.2, -0.15) is 5.10 Å². The number of nitrogens with one attached hydrogen (secondary N) is 2. The molecule has 0 atom stereocenters. The van der Waals surface area contributed by atoms with E-state index in [-0.39, 0.29) is 12.1 Å². The van der Waals surface area contributed by atoms with Crippen LogP contribution < -0.4 is 15.5 Å². The highest BCUT2D eigenvalue weighted by Crippen LogP contribution is 2.27. The number of piperidine rings is 2. The Hall–Kier alpha value is -4.24. The van der Waals surface area contributed by atoms with Gasteiger partial charge in [0.15, 0.2) is 0 Å². The number of likely N-dealkylation sites (tertiary alicyclic amines) is 1. The maximum Gasteiger partial charge on any atom is 0.407 e. The minimum Gasteiger partial charge on any atom is -0.465 e. The van der Waals surface area contributed by atoms with E-state index in [1.165, 1.54) is 10.6 Å². The number of hydrogen-bond donors (Lipinski definition) is 4. The van der Waals surface area contributed by atoms with Crippen molar-refractivity contribution in [3.8, 4) is 5.69 Å². The number of hydrogen-bond acceptors (Lipinski definition) is 6. The second-order valence-corrected chi connectivity index (χ2v) is 10.5. The molecule has 4 aromatic rings. The van der Waals surface area contributed by atoms with Gasteiger partial charge in [0.05, 0.1) is 23.5 Å². The zero-order chi connectivity index (χ0) is 26.8. The topological polar surface area (TPSA) is 106 Å². The van der Waals surface area contributed by atoms with E-state index in [1.807, 2.05) is 10.9 Å². The number of nitrogens with zero attached hydrogens (tertiary/aromatic N) is 4. The largest absolute Gasteiger partial charge is 0.465 e. The first-order chi connectivity index (χ1) is 19.0. The summed E-state index contributed by atoms with van der Waals surface area (Å²) < 4.78 is 1.94. The Morgan fingerprint density at radius 1 is 0.795 bits per heavy atom. The molecule has 1 amide bonds. The van der Waals surface area contributed by atoms with Crippen LogP contribution in [0.15, 0.2) is 72.9 Å². The van der Waals surface area contributed by atoms with E-state index in [1.54, 1.807) is 0 Å². The van der Waals surface area contributed by atoms with E-state index >= 15 is 0 Å². The van der Waals surface area contributed by atoms with Crippen LogP contribution in [-0.2, 0) is 0 Å². The summed E-state index contributed by atoms with van der Waals surface area (Å²) in [5, 5.41) is 31.6. The highest BCUT2D eigenvalue weighted by atomic mass is 16.4. The molecule has 0 spiro atoms. The third-order valence-electron chi connectivity index (χ3n) is 7.80. The molecule has 2 aliphatic rings. The van der Waals surface area contributed by atoms with Crippen molar-refractivity contribution in [2.24, 2.45) is 0 Å². The number of rotatable bonds is 6. The Balaban J connectivity index is 1.09. The van der Waals surface area contributed by atoms with Gasteiger partial charge >= 0.3 is 6.09 Å². The monoisotopic (exact) mass is 526 g/mol. The lowest BCUT2D eigenvalue weighted by Crippen LogP contribution is -2.41. The molecule has 9 heteroatoms. The average molecular weight is 527 g/mol. The molecule has 9 nitrogen and oxygen atoms in total. The number of aliphatic hydroxyl groups excluding tert-OH is 1. The third kappa shape index (κ3) is 5.63. The Kier molecular flexibility index (Phi) is 6.98. The molecule has 2 saturated heterocycles. The first kappa shape index (κ1) is 25.1. The summed E-state index contributed by atoms with van der Waals surface area (Å²) in [6, 6.07) is 23.2. The molecule has 0 bridgehead atoms. The van der Waals surface area contributed by atoms with Gasteiger partial charge in [0.2, 0.25) is 0 Å². The van der Waals surface area contributed by atoms with Gasteiger partial charge in [-0.05, 0) is 92.4 Å². The molecule has 3 aromatic carbocycles. The zero-order valence-corrected chi connectivity index (χ0v) is 21.8. The molecule has 0 radical (unpaired) electrons. The molecular formula is C30H34N6O3. The van der Waals surface area contributed by atoms with Gasteiger partial charge in [-0.3, -0.25) is 0 Å². The van der Waals surface area contributed by atoms with Crippen LogP contribution in [0.5, 0.6) is 0 Å². The molecule has 6 rings (SSSR count). The smallest absolute Gasteiger partial charge is 0.407 e. The van der Waals surface area contributed by atoms with E-state index in [4.69, 9.17) is 5.11 Å². The van der Waals surface area contributed by atoms with E-state index < -0.39 is 6.09 Å². The van der Waals surface area contributed by atoms with Crippen LogP contribution in [0.2, 0.25) is 0 Å². The van der Waals surface area contributed by atoms with Crippen LogP contribution >= 0.6 is 0 Å². The maximum atomic E-state index is 11.1.